The number of carbonyl (C=O) groups excluding carboxylic acids is 1. The van der Waals surface area contributed by atoms with Crippen molar-refractivity contribution in [1.29, 1.82) is 5.26 Å². The number of hydrogen-bond acceptors (Lipinski definition) is 5. The van der Waals surface area contributed by atoms with Gasteiger partial charge in [-0.05, 0) is 12.5 Å². The van der Waals surface area contributed by atoms with Crippen molar-refractivity contribution in [3.8, 4) is 6.07 Å². The Morgan fingerprint density at radius 3 is 2.84 bits per heavy atom. The van der Waals surface area contributed by atoms with Gasteiger partial charge in [0.15, 0.2) is 5.65 Å². The van der Waals surface area contributed by atoms with Gasteiger partial charge >= 0.3 is 0 Å². The van der Waals surface area contributed by atoms with Gasteiger partial charge in [-0.25, -0.2) is 9.97 Å². The van der Waals surface area contributed by atoms with Crippen LogP contribution in [-0.2, 0) is 0 Å². The van der Waals surface area contributed by atoms with E-state index in [1.54, 1.807) is 6.07 Å². The molecule has 0 bridgehead atoms. The molecule has 1 unspecified atom stereocenters. The van der Waals surface area contributed by atoms with Gasteiger partial charge in [0.05, 0.1) is 18.1 Å². The molecule has 1 N–H and O–H groups in total. The number of fused-ring (bicyclic) bond motifs is 1. The molecule has 0 aliphatic carbocycles. The van der Waals surface area contributed by atoms with Crippen LogP contribution in [0.15, 0.2) is 24.7 Å². The van der Waals surface area contributed by atoms with Crippen molar-refractivity contribution in [2.75, 3.05) is 0 Å². The second-order valence-corrected chi connectivity index (χ2v) is 4.03. The van der Waals surface area contributed by atoms with Gasteiger partial charge in [0.25, 0.3) is 5.91 Å². The fraction of sp³-hybridized carbons (Fsp3) is 0.308. The van der Waals surface area contributed by atoms with E-state index in [2.05, 4.69) is 26.3 Å². The Hall–Kier alpha value is -2.55. The predicted molar refractivity (Wildman–Crippen MR) is 69.1 cm³/mol. The van der Waals surface area contributed by atoms with Crippen LogP contribution >= 0.6 is 0 Å². The normalized spacial score (nSPS) is 11.8. The maximum atomic E-state index is 12.2. The van der Waals surface area contributed by atoms with Crippen molar-refractivity contribution in [3.05, 3.63) is 30.2 Å². The minimum absolute atomic E-state index is 0.155. The first-order chi connectivity index (χ1) is 9.26. The summed E-state index contributed by atoms with van der Waals surface area (Å²) in [6.07, 6.45) is 5.57. The first-order valence-corrected chi connectivity index (χ1v) is 5.99. The minimum atomic E-state index is -0.255. The van der Waals surface area contributed by atoms with Gasteiger partial charge in [0.1, 0.15) is 5.52 Å². The Morgan fingerprint density at radius 2 is 2.11 bits per heavy atom. The standard InChI is InChI=1S/C13H13N5O/c1-2-9(3-5-14)18-13(19)10-4-6-16-12-11(10)15-7-8-17-12/h4,6-9H,2-3H2,1H3,(H,18,19). The number of pyridine rings is 1. The highest BCUT2D eigenvalue weighted by Gasteiger charge is 2.15. The molecule has 1 amide bonds. The summed E-state index contributed by atoms with van der Waals surface area (Å²) in [6.45, 7) is 1.92. The fourth-order valence-electron chi connectivity index (χ4n) is 1.73. The van der Waals surface area contributed by atoms with Gasteiger partial charge in [-0.3, -0.25) is 9.78 Å². The van der Waals surface area contributed by atoms with Gasteiger partial charge in [0, 0.05) is 24.6 Å². The molecule has 0 aromatic carbocycles. The molecule has 2 aromatic heterocycles. The molecule has 2 aromatic rings. The molecule has 2 heterocycles. The number of aromatic nitrogens is 3. The van der Waals surface area contributed by atoms with Crippen LogP contribution in [-0.4, -0.2) is 26.9 Å². The lowest BCUT2D eigenvalue weighted by Crippen LogP contribution is -2.34. The zero-order valence-electron chi connectivity index (χ0n) is 10.5. The number of carbonyl (C=O) groups is 1. The number of nitriles is 1. The van der Waals surface area contributed by atoms with Gasteiger partial charge in [-0.15, -0.1) is 0 Å². The monoisotopic (exact) mass is 255 g/mol. The van der Waals surface area contributed by atoms with E-state index in [9.17, 15) is 4.79 Å². The maximum absolute atomic E-state index is 12.2. The highest BCUT2D eigenvalue weighted by atomic mass is 16.1. The largest absolute Gasteiger partial charge is 0.348 e. The third-order valence-electron chi connectivity index (χ3n) is 2.78. The zero-order chi connectivity index (χ0) is 13.7. The van der Waals surface area contributed by atoms with Crippen LogP contribution < -0.4 is 5.32 Å². The topological polar surface area (TPSA) is 91.6 Å². The van der Waals surface area contributed by atoms with Crippen LogP contribution in [0, 0.1) is 11.3 Å². The predicted octanol–water partition coefficient (Wildman–Crippen LogP) is 1.45. The SMILES string of the molecule is CCC(CC#N)NC(=O)c1ccnc2nccnc12. The Kier molecular flexibility index (Phi) is 3.98. The Labute approximate surface area is 110 Å². The van der Waals surface area contributed by atoms with Crippen molar-refractivity contribution < 1.29 is 4.79 Å². The lowest BCUT2D eigenvalue weighted by Gasteiger charge is -2.13. The third kappa shape index (κ3) is 2.83. The number of nitrogens with zero attached hydrogens (tertiary/aromatic N) is 4. The van der Waals surface area contributed by atoms with E-state index in [0.29, 0.717) is 23.1 Å². The van der Waals surface area contributed by atoms with Crippen LogP contribution in [0.4, 0.5) is 0 Å². The van der Waals surface area contributed by atoms with E-state index in [4.69, 9.17) is 5.26 Å². The highest BCUT2D eigenvalue weighted by Crippen LogP contribution is 2.11. The van der Waals surface area contributed by atoms with Gasteiger partial charge in [-0.2, -0.15) is 5.26 Å². The van der Waals surface area contributed by atoms with E-state index < -0.39 is 0 Å². The van der Waals surface area contributed by atoms with E-state index in [1.807, 2.05) is 6.92 Å². The van der Waals surface area contributed by atoms with Crippen LogP contribution in [0.25, 0.3) is 11.2 Å². The molecule has 2 rings (SSSR count). The Morgan fingerprint density at radius 1 is 1.37 bits per heavy atom. The van der Waals surface area contributed by atoms with Gasteiger partial charge < -0.3 is 5.32 Å². The highest BCUT2D eigenvalue weighted by molar-refractivity contribution is 6.03. The van der Waals surface area contributed by atoms with Crippen LogP contribution in [0.5, 0.6) is 0 Å². The molecule has 0 radical (unpaired) electrons. The van der Waals surface area contributed by atoms with Crippen LogP contribution in [0.3, 0.4) is 0 Å². The van der Waals surface area contributed by atoms with E-state index in [1.165, 1.54) is 18.6 Å². The molecule has 0 aliphatic heterocycles. The molecule has 0 saturated heterocycles. The molecule has 19 heavy (non-hydrogen) atoms. The molecule has 6 nitrogen and oxygen atoms in total. The Balaban J connectivity index is 2.29. The summed E-state index contributed by atoms with van der Waals surface area (Å²) in [5.74, 6) is -0.255. The summed E-state index contributed by atoms with van der Waals surface area (Å²) >= 11 is 0. The second kappa shape index (κ2) is 5.87. The van der Waals surface area contributed by atoms with E-state index in [0.717, 1.165) is 0 Å². The summed E-state index contributed by atoms with van der Waals surface area (Å²) in [5.41, 5.74) is 1.33. The molecule has 1 atom stereocenters. The molecule has 96 valence electrons. The van der Waals surface area contributed by atoms with Crippen LogP contribution in [0.2, 0.25) is 0 Å². The van der Waals surface area contributed by atoms with Crippen molar-refractivity contribution in [2.24, 2.45) is 0 Å². The summed E-state index contributed by atoms with van der Waals surface area (Å²) < 4.78 is 0. The zero-order valence-corrected chi connectivity index (χ0v) is 10.5. The molecule has 6 heteroatoms. The lowest BCUT2D eigenvalue weighted by molar-refractivity contribution is 0.0938. The average molecular weight is 255 g/mol. The van der Waals surface area contributed by atoms with Crippen molar-refractivity contribution >= 4 is 17.1 Å². The summed E-state index contributed by atoms with van der Waals surface area (Å²) in [6, 6.07) is 3.51. The Bertz CT molecular complexity index is 629. The first-order valence-electron chi connectivity index (χ1n) is 5.99. The summed E-state index contributed by atoms with van der Waals surface area (Å²) in [5, 5.41) is 11.5. The molecular weight excluding hydrogens is 242 g/mol. The van der Waals surface area contributed by atoms with Crippen molar-refractivity contribution in [2.45, 2.75) is 25.8 Å². The summed E-state index contributed by atoms with van der Waals surface area (Å²) in [4.78, 5) is 24.4. The first kappa shape index (κ1) is 12.9. The van der Waals surface area contributed by atoms with E-state index >= 15 is 0 Å². The average Bonchev–Trinajstić information content (AvgIpc) is 2.46. The van der Waals surface area contributed by atoms with Gasteiger partial charge in [0.2, 0.25) is 0 Å². The number of rotatable bonds is 4. The van der Waals surface area contributed by atoms with Crippen LogP contribution in [0.1, 0.15) is 30.1 Å². The molecule has 0 spiro atoms. The molecule has 0 aliphatic rings. The van der Waals surface area contributed by atoms with Crippen molar-refractivity contribution in [1.82, 2.24) is 20.3 Å². The fourth-order valence-corrected chi connectivity index (χ4v) is 1.73. The van der Waals surface area contributed by atoms with E-state index in [-0.39, 0.29) is 18.4 Å². The quantitative estimate of drug-likeness (QED) is 0.892. The number of nitrogens with one attached hydrogen (secondary N) is 1. The minimum Gasteiger partial charge on any atom is -0.348 e. The molecular formula is C13H13N5O. The third-order valence-corrected chi connectivity index (χ3v) is 2.78. The van der Waals surface area contributed by atoms with Gasteiger partial charge in [-0.1, -0.05) is 6.92 Å². The van der Waals surface area contributed by atoms with Crippen molar-refractivity contribution in [3.63, 3.8) is 0 Å². The number of amides is 1. The second-order valence-electron chi connectivity index (χ2n) is 4.03. The molecule has 0 fully saturated rings. The molecule has 0 saturated carbocycles. The summed E-state index contributed by atoms with van der Waals surface area (Å²) in [7, 11) is 0. The smallest absolute Gasteiger partial charge is 0.253 e. The maximum Gasteiger partial charge on any atom is 0.253 e. The number of hydrogen-bond donors (Lipinski definition) is 1. The lowest BCUT2D eigenvalue weighted by atomic mass is 10.1.